The van der Waals surface area contributed by atoms with E-state index in [2.05, 4.69) is 4.90 Å². The third-order valence-electron chi connectivity index (χ3n) is 4.81. The first kappa shape index (κ1) is 22.2. The highest BCUT2D eigenvalue weighted by atomic mass is 35.5. The number of ether oxygens (including phenoxy) is 2. The van der Waals surface area contributed by atoms with Gasteiger partial charge in [-0.05, 0) is 29.8 Å². The number of amides is 2. The quantitative estimate of drug-likeness (QED) is 0.699. The van der Waals surface area contributed by atoms with Gasteiger partial charge in [0, 0.05) is 43.3 Å². The minimum absolute atomic E-state index is 0.136. The number of nitrogens with two attached hydrogens (primary N) is 1. The van der Waals surface area contributed by atoms with Gasteiger partial charge < -0.3 is 20.1 Å². The van der Waals surface area contributed by atoms with Gasteiger partial charge in [0.05, 0.1) is 12.1 Å². The zero-order chi connectivity index (χ0) is 21.7. The van der Waals surface area contributed by atoms with Crippen LogP contribution in [0.3, 0.4) is 0 Å². The van der Waals surface area contributed by atoms with Crippen LogP contribution in [0.4, 0.5) is 0 Å². The standard InChI is InChI=1S/C21H23Cl2N3O4/c1-29-18-11-15(10-17(23)20(18)30-13-19(24)27)21(28)26-8-6-25(7-9-26)12-14-2-4-16(22)5-3-14/h2-5,10-11H,6-9,12-13H2,1H3,(H2,24,27). The number of piperazine rings is 1. The van der Waals surface area contributed by atoms with E-state index in [0.717, 1.165) is 19.6 Å². The Morgan fingerprint density at radius 1 is 1.07 bits per heavy atom. The van der Waals surface area contributed by atoms with Crippen LogP contribution in [0.5, 0.6) is 11.5 Å². The molecule has 2 amide bonds. The fraction of sp³-hybridized carbons (Fsp3) is 0.333. The molecule has 3 rings (SSSR count). The third kappa shape index (κ3) is 5.56. The summed E-state index contributed by atoms with van der Waals surface area (Å²) in [7, 11) is 1.44. The second-order valence-electron chi connectivity index (χ2n) is 6.94. The van der Waals surface area contributed by atoms with Crippen LogP contribution in [0, 0.1) is 0 Å². The molecule has 2 aromatic rings. The van der Waals surface area contributed by atoms with Crippen molar-refractivity contribution in [2.75, 3.05) is 39.9 Å². The molecule has 9 heteroatoms. The van der Waals surface area contributed by atoms with Gasteiger partial charge in [-0.2, -0.15) is 0 Å². The number of nitrogens with zero attached hydrogens (tertiary/aromatic N) is 2. The van der Waals surface area contributed by atoms with Crippen LogP contribution in [-0.2, 0) is 11.3 Å². The molecule has 1 heterocycles. The third-order valence-corrected chi connectivity index (χ3v) is 5.35. The number of carbonyl (C=O) groups excluding carboxylic acids is 2. The second-order valence-corrected chi connectivity index (χ2v) is 7.78. The Balaban J connectivity index is 1.63. The minimum atomic E-state index is -0.634. The predicted molar refractivity (Wildman–Crippen MR) is 115 cm³/mol. The average Bonchev–Trinajstić information content (AvgIpc) is 2.74. The molecular formula is C21H23Cl2N3O4. The monoisotopic (exact) mass is 451 g/mol. The van der Waals surface area contributed by atoms with Gasteiger partial charge in [0.25, 0.3) is 11.8 Å². The van der Waals surface area contributed by atoms with Crippen molar-refractivity contribution in [3.63, 3.8) is 0 Å². The Kier molecular flexibility index (Phi) is 7.42. The van der Waals surface area contributed by atoms with Crippen LogP contribution in [0.25, 0.3) is 0 Å². The zero-order valence-electron chi connectivity index (χ0n) is 16.6. The van der Waals surface area contributed by atoms with E-state index in [1.807, 2.05) is 24.3 Å². The second kappa shape index (κ2) is 10.0. The Bertz CT molecular complexity index is 913. The summed E-state index contributed by atoms with van der Waals surface area (Å²) in [6.07, 6.45) is 0. The maximum absolute atomic E-state index is 13.0. The lowest BCUT2D eigenvalue weighted by Crippen LogP contribution is -2.48. The smallest absolute Gasteiger partial charge is 0.255 e. The molecule has 0 aromatic heterocycles. The van der Waals surface area contributed by atoms with Crippen molar-refractivity contribution in [2.24, 2.45) is 5.73 Å². The first-order valence-electron chi connectivity index (χ1n) is 9.42. The van der Waals surface area contributed by atoms with E-state index in [1.165, 1.54) is 18.7 Å². The fourth-order valence-corrected chi connectivity index (χ4v) is 3.66. The van der Waals surface area contributed by atoms with Gasteiger partial charge in [-0.15, -0.1) is 0 Å². The number of primary amides is 1. The average molecular weight is 452 g/mol. The van der Waals surface area contributed by atoms with Crippen LogP contribution < -0.4 is 15.2 Å². The first-order valence-corrected chi connectivity index (χ1v) is 10.2. The fourth-order valence-electron chi connectivity index (χ4n) is 3.27. The number of carbonyl (C=O) groups is 2. The first-order chi connectivity index (χ1) is 14.4. The number of hydrogen-bond donors (Lipinski definition) is 1. The van der Waals surface area contributed by atoms with Crippen LogP contribution >= 0.6 is 23.2 Å². The topological polar surface area (TPSA) is 85.1 Å². The summed E-state index contributed by atoms with van der Waals surface area (Å²) in [5, 5.41) is 0.898. The number of halogens is 2. The van der Waals surface area contributed by atoms with Gasteiger partial charge in [0.15, 0.2) is 18.1 Å². The molecule has 1 aliphatic rings. The molecule has 0 atom stereocenters. The summed E-state index contributed by atoms with van der Waals surface area (Å²) in [4.78, 5) is 28.0. The van der Waals surface area contributed by atoms with Crippen molar-refractivity contribution in [2.45, 2.75) is 6.54 Å². The Hall–Kier alpha value is -2.48. The molecule has 1 fully saturated rings. The van der Waals surface area contributed by atoms with E-state index in [4.69, 9.17) is 38.4 Å². The van der Waals surface area contributed by atoms with E-state index in [-0.39, 0.29) is 29.0 Å². The number of hydrogen-bond acceptors (Lipinski definition) is 5. The molecule has 1 saturated heterocycles. The summed E-state index contributed by atoms with van der Waals surface area (Å²) in [6.45, 7) is 3.21. The molecule has 0 aliphatic carbocycles. The lowest BCUT2D eigenvalue weighted by Gasteiger charge is -2.35. The summed E-state index contributed by atoms with van der Waals surface area (Å²) < 4.78 is 10.6. The zero-order valence-corrected chi connectivity index (χ0v) is 18.1. The van der Waals surface area contributed by atoms with Crippen molar-refractivity contribution < 1.29 is 19.1 Å². The van der Waals surface area contributed by atoms with E-state index in [9.17, 15) is 9.59 Å². The summed E-state index contributed by atoms with van der Waals surface area (Å²) in [5.74, 6) is -0.316. The Morgan fingerprint density at radius 3 is 2.33 bits per heavy atom. The van der Waals surface area contributed by atoms with Gasteiger partial charge in [-0.25, -0.2) is 0 Å². The highest BCUT2D eigenvalue weighted by Gasteiger charge is 2.24. The Labute approximate surface area is 185 Å². The van der Waals surface area contributed by atoms with Crippen molar-refractivity contribution >= 4 is 35.0 Å². The summed E-state index contributed by atoms with van der Waals surface area (Å²) >= 11 is 12.2. The van der Waals surface area contributed by atoms with Crippen LogP contribution in [0.1, 0.15) is 15.9 Å². The molecule has 2 aromatic carbocycles. The van der Waals surface area contributed by atoms with Crippen molar-refractivity contribution in [1.29, 1.82) is 0 Å². The van der Waals surface area contributed by atoms with Gasteiger partial charge in [0.2, 0.25) is 0 Å². The molecule has 2 N–H and O–H groups in total. The predicted octanol–water partition coefficient (Wildman–Crippen LogP) is 2.82. The summed E-state index contributed by atoms with van der Waals surface area (Å²) in [6, 6.07) is 10.9. The van der Waals surface area contributed by atoms with E-state index >= 15 is 0 Å². The van der Waals surface area contributed by atoms with E-state index in [0.29, 0.717) is 23.7 Å². The maximum atomic E-state index is 13.0. The maximum Gasteiger partial charge on any atom is 0.255 e. The molecule has 0 bridgehead atoms. The van der Waals surface area contributed by atoms with Crippen LogP contribution in [0.2, 0.25) is 10.0 Å². The van der Waals surface area contributed by atoms with Gasteiger partial charge >= 0.3 is 0 Å². The van der Waals surface area contributed by atoms with Gasteiger partial charge in [-0.3, -0.25) is 14.5 Å². The SMILES string of the molecule is COc1cc(C(=O)N2CCN(Cc3ccc(Cl)cc3)CC2)cc(Cl)c1OCC(N)=O. The van der Waals surface area contributed by atoms with Crippen LogP contribution in [0.15, 0.2) is 36.4 Å². The van der Waals surface area contributed by atoms with Crippen molar-refractivity contribution in [3.05, 3.63) is 57.6 Å². The molecule has 0 radical (unpaired) electrons. The molecule has 7 nitrogen and oxygen atoms in total. The Morgan fingerprint density at radius 2 is 1.73 bits per heavy atom. The minimum Gasteiger partial charge on any atom is -0.493 e. The van der Waals surface area contributed by atoms with Crippen molar-refractivity contribution in [3.8, 4) is 11.5 Å². The van der Waals surface area contributed by atoms with E-state index < -0.39 is 5.91 Å². The molecule has 1 aliphatic heterocycles. The largest absolute Gasteiger partial charge is 0.493 e. The molecule has 0 saturated carbocycles. The van der Waals surface area contributed by atoms with Gasteiger partial charge in [0.1, 0.15) is 0 Å². The normalized spacial score (nSPS) is 14.4. The highest BCUT2D eigenvalue weighted by Crippen LogP contribution is 2.36. The lowest BCUT2D eigenvalue weighted by molar-refractivity contribution is -0.119. The number of benzene rings is 2. The van der Waals surface area contributed by atoms with Crippen molar-refractivity contribution in [1.82, 2.24) is 9.80 Å². The molecule has 160 valence electrons. The summed E-state index contributed by atoms with van der Waals surface area (Å²) in [5.41, 5.74) is 6.69. The van der Waals surface area contributed by atoms with Gasteiger partial charge in [-0.1, -0.05) is 35.3 Å². The molecule has 0 spiro atoms. The van der Waals surface area contributed by atoms with Crippen LogP contribution in [-0.4, -0.2) is 61.5 Å². The lowest BCUT2D eigenvalue weighted by atomic mass is 10.1. The molecule has 0 unspecified atom stereocenters. The molecular weight excluding hydrogens is 429 g/mol. The molecule has 30 heavy (non-hydrogen) atoms. The number of rotatable bonds is 7. The number of methoxy groups -OCH3 is 1. The van der Waals surface area contributed by atoms with E-state index in [1.54, 1.807) is 11.0 Å². The highest BCUT2D eigenvalue weighted by molar-refractivity contribution is 6.32.